The Balaban J connectivity index is 3.17. The summed E-state index contributed by atoms with van der Waals surface area (Å²) in [5.41, 5.74) is 6.72. The number of thiol groups is 1. The monoisotopic (exact) mass is 183 g/mol. The van der Waals surface area contributed by atoms with E-state index in [-0.39, 0.29) is 11.3 Å². The molecular formula is C8H9NO2S. The lowest BCUT2D eigenvalue weighted by molar-refractivity contribution is 0.0698. The third-order valence-electron chi connectivity index (χ3n) is 1.53. The fourth-order valence-corrected chi connectivity index (χ4v) is 1.08. The summed E-state index contributed by atoms with van der Waals surface area (Å²) in [5, 5.41) is 8.68. The Kier molecular flexibility index (Phi) is 2.60. The first-order chi connectivity index (χ1) is 5.65. The van der Waals surface area contributed by atoms with Gasteiger partial charge in [-0.05, 0) is 17.7 Å². The Morgan fingerprint density at radius 3 is 2.75 bits per heavy atom. The summed E-state index contributed by atoms with van der Waals surface area (Å²) in [5.74, 6) is -0.489. The van der Waals surface area contributed by atoms with Crippen molar-refractivity contribution in [2.75, 3.05) is 5.73 Å². The quantitative estimate of drug-likeness (QED) is 0.479. The number of carboxylic acids is 1. The molecule has 3 nitrogen and oxygen atoms in total. The SMILES string of the molecule is Nc1ccc(CS)cc1C(=O)O. The molecule has 0 radical (unpaired) electrons. The van der Waals surface area contributed by atoms with Crippen molar-refractivity contribution >= 4 is 24.3 Å². The third-order valence-corrected chi connectivity index (χ3v) is 1.90. The van der Waals surface area contributed by atoms with Crippen LogP contribution < -0.4 is 5.73 Å². The Morgan fingerprint density at radius 2 is 2.25 bits per heavy atom. The highest BCUT2D eigenvalue weighted by Gasteiger charge is 2.07. The number of nitrogens with two attached hydrogens (primary N) is 1. The Hall–Kier alpha value is -1.16. The fraction of sp³-hybridized carbons (Fsp3) is 0.125. The second-order valence-electron chi connectivity index (χ2n) is 2.38. The smallest absolute Gasteiger partial charge is 0.337 e. The molecule has 0 aromatic heterocycles. The third kappa shape index (κ3) is 1.71. The van der Waals surface area contributed by atoms with Crippen LogP contribution in [0.15, 0.2) is 18.2 Å². The first-order valence-electron chi connectivity index (χ1n) is 3.37. The van der Waals surface area contributed by atoms with E-state index in [4.69, 9.17) is 10.8 Å². The number of rotatable bonds is 2. The van der Waals surface area contributed by atoms with Crippen molar-refractivity contribution in [1.29, 1.82) is 0 Å². The van der Waals surface area contributed by atoms with Crippen LogP contribution in [0.2, 0.25) is 0 Å². The molecule has 12 heavy (non-hydrogen) atoms. The molecule has 0 saturated heterocycles. The van der Waals surface area contributed by atoms with Gasteiger partial charge in [0.1, 0.15) is 0 Å². The summed E-state index contributed by atoms with van der Waals surface area (Å²) < 4.78 is 0. The summed E-state index contributed by atoms with van der Waals surface area (Å²) in [7, 11) is 0. The standard InChI is InChI=1S/C8H9NO2S/c9-7-2-1-5(4-12)3-6(7)8(10)11/h1-3,12H,4,9H2,(H,10,11). The highest BCUT2D eigenvalue weighted by molar-refractivity contribution is 7.79. The number of benzene rings is 1. The van der Waals surface area contributed by atoms with Gasteiger partial charge in [0.25, 0.3) is 0 Å². The van der Waals surface area contributed by atoms with Crippen LogP contribution >= 0.6 is 12.6 Å². The van der Waals surface area contributed by atoms with Crippen molar-refractivity contribution in [1.82, 2.24) is 0 Å². The molecule has 1 aromatic carbocycles. The number of nitrogen functional groups attached to an aromatic ring is 1. The minimum absolute atomic E-state index is 0.140. The molecule has 0 heterocycles. The van der Waals surface area contributed by atoms with E-state index in [0.29, 0.717) is 5.75 Å². The molecule has 0 aliphatic rings. The second-order valence-corrected chi connectivity index (χ2v) is 2.70. The zero-order valence-corrected chi connectivity index (χ0v) is 7.21. The predicted octanol–water partition coefficient (Wildman–Crippen LogP) is 1.40. The Morgan fingerprint density at radius 1 is 1.58 bits per heavy atom. The topological polar surface area (TPSA) is 63.3 Å². The van der Waals surface area contributed by atoms with E-state index in [2.05, 4.69) is 12.6 Å². The van der Waals surface area contributed by atoms with E-state index in [1.165, 1.54) is 6.07 Å². The molecule has 0 amide bonds. The number of carbonyl (C=O) groups is 1. The number of hydrogen-bond donors (Lipinski definition) is 3. The second kappa shape index (κ2) is 3.49. The average Bonchev–Trinajstić information content (AvgIpc) is 2.05. The van der Waals surface area contributed by atoms with Crippen LogP contribution in [0.5, 0.6) is 0 Å². The van der Waals surface area contributed by atoms with Crippen molar-refractivity contribution in [3.63, 3.8) is 0 Å². The van der Waals surface area contributed by atoms with Gasteiger partial charge >= 0.3 is 5.97 Å². The average molecular weight is 183 g/mol. The van der Waals surface area contributed by atoms with Crippen LogP contribution in [0, 0.1) is 0 Å². The van der Waals surface area contributed by atoms with Gasteiger partial charge in [0.2, 0.25) is 0 Å². The predicted molar refractivity (Wildman–Crippen MR) is 50.5 cm³/mol. The number of aromatic carboxylic acids is 1. The molecule has 64 valence electrons. The van der Waals surface area contributed by atoms with Crippen molar-refractivity contribution in [2.24, 2.45) is 0 Å². The molecule has 0 saturated carbocycles. The van der Waals surface area contributed by atoms with Crippen molar-refractivity contribution in [2.45, 2.75) is 5.75 Å². The van der Waals surface area contributed by atoms with Gasteiger partial charge in [-0.25, -0.2) is 4.79 Å². The first kappa shape index (κ1) is 8.93. The summed E-state index contributed by atoms with van der Waals surface area (Å²) >= 11 is 4.03. The van der Waals surface area contributed by atoms with Crippen LogP contribution in [0.1, 0.15) is 15.9 Å². The molecule has 0 atom stereocenters. The number of carboxylic acid groups (broad SMARTS) is 1. The molecule has 1 rings (SSSR count). The molecular weight excluding hydrogens is 174 g/mol. The lowest BCUT2D eigenvalue weighted by atomic mass is 10.1. The van der Waals surface area contributed by atoms with Crippen LogP contribution in [0.3, 0.4) is 0 Å². The zero-order chi connectivity index (χ0) is 9.14. The molecule has 3 N–H and O–H groups in total. The van der Waals surface area contributed by atoms with E-state index < -0.39 is 5.97 Å². The zero-order valence-electron chi connectivity index (χ0n) is 6.32. The molecule has 0 bridgehead atoms. The van der Waals surface area contributed by atoms with E-state index in [0.717, 1.165) is 5.56 Å². The van der Waals surface area contributed by atoms with E-state index in [1.54, 1.807) is 12.1 Å². The van der Waals surface area contributed by atoms with Crippen molar-refractivity contribution in [3.8, 4) is 0 Å². The maximum Gasteiger partial charge on any atom is 0.337 e. The molecule has 0 fully saturated rings. The first-order valence-corrected chi connectivity index (χ1v) is 4.01. The lowest BCUT2D eigenvalue weighted by Crippen LogP contribution is -2.02. The largest absolute Gasteiger partial charge is 0.478 e. The lowest BCUT2D eigenvalue weighted by Gasteiger charge is -2.02. The molecule has 0 spiro atoms. The van der Waals surface area contributed by atoms with Gasteiger partial charge in [0, 0.05) is 11.4 Å². The van der Waals surface area contributed by atoms with Gasteiger partial charge in [-0.15, -0.1) is 0 Å². The Bertz CT molecular complexity index is 312. The number of hydrogen-bond acceptors (Lipinski definition) is 3. The van der Waals surface area contributed by atoms with Crippen molar-refractivity contribution < 1.29 is 9.90 Å². The van der Waals surface area contributed by atoms with Crippen LogP contribution in [-0.4, -0.2) is 11.1 Å². The van der Waals surface area contributed by atoms with Gasteiger partial charge in [-0.3, -0.25) is 0 Å². The molecule has 0 aliphatic carbocycles. The van der Waals surface area contributed by atoms with Gasteiger partial charge in [0.15, 0.2) is 0 Å². The fourth-order valence-electron chi connectivity index (χ4n) is 0.887. The normalized spacial score (nSPS) is 9.75. The van der Waals surface area contributed by atoms with Crippen molar-refractivity contribution in [3.05, 3.63) is 29.3 Å². The summed E-state index contributed by atoms with van der Waals surface area (Å²) in [6, 6.07) is 4.87. The minimum atomic E-state index is -1.00. The molecule has 4 heteroatoms. The number of anilines is 1. The van der Waals surface area contributed by atoms with Gasteiger partial charge in [0.05, 0.1) is 5.56 Å². The van der Waals surface area contributed by atoms with Crippen LogP contribution in [-0.2, 0) is 5.75 Å². The maximum atomic E-state index is 10.6. The molecule has 1 aromatic rings. The minimum Gasteiger partial charge on any atom is -0.478 e. The summed E-state index contributed by atoms with van der Waals surface area (Å²) in [4.78, 5) is 10.6. The Labute approximate surface area is 75.6 Å². The molecule has 0 aliphatic heterocycles. The van der Waals surface area contributed by atoms with Gasteiger partial charge in [-0.1, -0.05) is 6.07 Å². The van der Waals surface area contributed by atoms with Gasteiger partial charge < -0.3 is 10.8 Å². The summed E-state index contributed by atoms with van der Waals surface area (Å²) in [6.45, 7) is 0. The highest BCUT2D eigenvalue weighted by atomic mass is 32.1. The maximum absolute atomic E-state index is 10.6. The highest BCUT2D eigenvalue weighted by Crippen LogP contribution is 2.15. The van der Waals surface area contributed by atoms with Gasteiger partial charge in [-0.2, -0.15) is 12.6 Å². The van der Waals surface area contributed by atoms with E-state index in [1.807, 2.05) is 0 Å². The molecule has 0 unspecified atom stereocenters. The van der Waals surface area contributed by atoms with E-state index >= 15 is 0 Å². The van der Waals surface area contributed by atoms with Crippen LogP contribution in [0.25, 0.3) is 0 Å². The summed E-state index contributed by atoms with van der Waals surface area (Å²) in [6.07, 6.45) is 0. The van der Waals surface area contributed by atoms with E-state index in [9.17, 15) is 4.79 Å². The van der Waals surface area contributed by atoms with Crippen LogP contribution in [0.4, 0.5) is 5.69 Å².